The van der Waals surface area contributed by atoms with Crippen LogP contribution in [0.15, 0.2) is 60.7 Å². The fourth-order valence-corrected chi connectivity index (χ4v) is 3.46. The lowest BCUT2D eigenvalue weighted by molar-refractivity contribution is -0.118. The first-order valence-corrected chi connectivity index (χ1v) is 10.1. The van der Waals surface area contributed by atoms with Crippen LogP contribution in [0.25, 0.3) is 11.0 Å². The zero-order valence-corrected chi connectivity index (χ0v) is 18.0. The summed E-state index contributed by atoms with van der Waals surface area (Å²) in [6.07, 6.45) is 0. The van der Waals surface area contributed by atoms with Gasteiger partial charge in [-0.05, 0) is 49.7 Å². The molecule has 0 bridgehead atoms. The van der Waals surface area contributed by atoms with Crippen LogP contribution in [0.1, 0.15) is 21.6 Å². The van der Waals surface area contributed by atoms with Crippen LogP contribution in [0.5, 0.6) is 5.88 Å². The van der Waals surface area contributed by atoms with E-state index < -0.39 is 0 Å². The maximum Gasteiger partial charge on any atom is 0.262 e. The lowest BCUT2D eigenvalue weighted by atomic mass is 10.2. The Kier molecular flexibility index (Phi) is 5.85. The number of pyridine rings is 1. The third kappa shape index (κ3) is 4.44. The van der Waals surface area contributed by atoms with E-state index in [0.717, 1.165) is 16.6 Å². The first kappa shape index (κ1) is 21.0. The Morgan fingerprint density at radius 3 is 2.34 bits per heavy atom. The molecule has 8 nitrogen and oxygen atoms in total. The Balaban J connectivity index is 1.46. The molecule has 0 saturated heterocycles. The number of carbonyl (C=O) groups is 2. The van der Waals surface area contributed by atoms with Crippen LogP contribution >= 0.6 is 0 Å². The molecule has 8 heteroatoms. The summed E-state index contributed by atoms with van der Waals surface area (Å²) in [6, 6.07) is 17.8. The molecule has 4 aromatic rings. The summed E-state index contributed by atoms with van der Waals surface area (Å²) in [7, 11) is 1.78. The number of hydrogen-bond donors (Lipinski definition) is 2. The van der Waals surface area contributed by atoms with E-state index >= 15 is 0 Å². The maximum atomic E-state index is 12.6. The average Bonchev–Trinajstić information content (AvgIpc) is 3.10. The van der Waals surface area contributed by atoms with Crippen molar-refractivity contribution in [3.05, 3.63) is 77.5 Å². The van der Waals surface area contributed by atoms with Gasteiger partial charge in [0.15, 0.2) is 12.3 Å². The Morgan fingerprint density at radius 2 is 1.62 bits per heavy atom. The fourth-order valence-electron chi connectivity index (χ4n) is 3.46. The summed E-state index contributed by atoms with van der Waals surface area (Å²) in [6.45, 7) is 3.64. The molecule has 0 aliphatic heterocycles. The molecule has 0 saturated carbocycles. The molecule has 2 aromatic carbocycles. The van der Waals surface area contributed by atoms with Crippen LogP contribution in [0, 0.1) is 13.8 Å². The summed E-state index contributed by atoms with van der Waals surface area (Å²) >= 11 is 0. The minimum absolute atomic E-state index is 0.236. The van der Waals surface area contributed by atoms with Crippen LogP contribution in [0.4, 0.5) is 11.4 Å². The first-order valence-electron chi connectivity index (χ1n) is 10.1. The molecule has 2 N–H and O–H groups in total. The van der Waals surface area contributed by atoms with Crippen molar-refractivity contribution in [1.82, 2.24) is 14.8 Å². The molecule has 2 heterocycles. The lowest BCUT2D eigenvalue weighted by Crippen LogP contribution is -2.22. The van der Waals surface area contributed by atoms with Gasteiger partial charge in [0.2, 0.25) is 5.88 Å². The van der Waals surface area contributed by atoms with Gasteiger partial charge in [-0.2, -0.15) is 0 Å². The third-order valence-corrected chi connectivity index (χ3v) is 4.91. The zero-order chi connectivity index (χ0) is 22.7. The van der Waals surface area contributed by atoms with Gasteiger partial charge in [0.05, 0.1) is 16.8 Å². The summed E-state index contributed by atoms with van der Waals surface area (Å²) in [5.74, 6) is -0.280. The largest absolute Gasteiger partial charge is 0.466 e. The highest BCUT2D eigenvalue weighted by atomic mass is 16.5. The standard InChI is InChI=1S/C24H23N5O3/c1-15-13-16(2)25-22-21(15)24(28-29(22)3)32-14-20(30)26-18-11-7-8-12-19(18)27-23(31)17-9-5-4-6-10-17/h4-13H,14H2,1-3H3,(H,26,30)(H,27,31). The number of fused-ring (bicyclic) bond motifs is 1. The molecule has 0 aliphatic carbocycles. The quantitative estimate of drug-likeness (QED) is 0.485. The Bertz CT molecular complexity index is 1300. The molecule has 2 aromatic heterocycles. The third-order valence-electron chi connectivity index (χ3n) is 4.91. The number of para-hydroxylation sites is 2. The predicted octanol–water partition coefficient (Wildman–Crippen LogP) is 3.85. The van der Waals surface area contributed by atoms with Crippen LogP contribution in [-0.2, 0) is 11.8 Å². The number of rotatable bonds is 6. The number of nitrogens with zero attached hydrogens (tertiary/aromatic N) is 3. The van der Waals surface area contributed by atoms with Gasteiger partial charge in [0.25, 0.3) is 11.8 Å². The number of nitrogens with one attached hydrogen (secondary N) is 2. The molecule has 0 unspecified atom stereocenters. The minimum atomic E-state index is -0.372. The van der Waals surface area contributed by atoms with Crippen molar-refractivity contribution in [3.63, 3.8) is 0 Å². The SMILES string of the molecule is Cc1cc(C)c2c(OCC(=O)Nc3ccccc3NC(=O)c3ccccc3)nn(C)c2n1. The van der Waals surface area contributed by atoms with Gasteiger partial charge in [-0.15, -0.1) is 5.10 Å². The van der Waals surface area contributed by atoms with Crippen molar-refractivity contribution in [3.8, 4) is 5.88 Å². The van der Waals surface area contributed by atoms with Crippen LogP contribution in [-0.4, -0.2) is 33.2 Å². The average molecular weight is 429 g/mol. The number of ether oxygens (including phenoxy) is 1. The molecule has 0 fully saturated rings. The van der Waals surface area contributed by atoms with Gasteiger partial charge in [-0.3, -0.25) is 9.59 Å². The molecule has 0 atom stereocenters. The van der Waals surface area contributed by atoms with Crippen molar-refractivity contribution < 1.29 is 14.3 Å². The Morgan fingerprint density at radius 1 is 0.969 bits per heavy atom. The second-order valence-electron chi connectivity index (χ2n) is 7.41. The van der Waals surface area contributed by atoms with Gasteiger partial charge < -0.3 is 15.4 Å². The Hall–Kier alpha value is -4.20. The smallest absolute Gasteiger partial charge is 0.262 e. The summed E-state index contributed by atoms with van der Waals surface area (Å²) in [5.41, 5.74) is 4.06. The molecule has 32 heavy (non-hydrogen) atoms. The first-order chi connectivity index (χ1) is 15.4. The zero-order valence-electron chi connectivity index (χ0n) is 18.0. The number of amides is 2. The predicted molar refractivity (Wildman–Crippen MR) is 123 cm³/mol. The highest BCUT2D eigenvalue weighted by Crippen LogP contribution is 2.27. The number of carbonyl (C=O) groups excluding carboxylic acids is 2. The van der Waals surface area contributed by atoms with Crippen molar-refractivity contribution in [2.45, 2.75) is 13.8 Å². The maximum absolute atomic E-state index is 12.6. The van der Waals surface area contributed by atoms with E-state index in [9.17, 15) is 9.59 Å². The Labute approximate surface area is 185 Å². The second kappa shape index (κ2) is 8.89. The minimum Gasteiger partial charge on any atom is -0.466 e. The highest BCUT2D eigenvalue weighted by molar-refractivity contribution is 6.07. The van der Waals surface area contributed by atoms with Gasteiger partial charge in [-0.25, -0.2) is 9.67 Å². The van der Waals surface area contributed by atoms with E-state index in [0.29, 0.717) is 28.5 Å². The van der Waals surface area contributed by atoms with Crippen molar-refractivity contribution in [2.24, 2.45) is 7.05 Å². The van der Waals surface area contributed by atoms with Crippen molar-refractivity contribution in [1.29, 1.82) is 0 Å². The van der Waals surface area contributed by atoms with Gasteiger partial charge in [-0.1, -0.05) is 30.3 Å². The normalized spacial score (nSPS) is 10.7. The van der Waals surface area contributed by atoms with E-state index in [1.165, 1.54) is 0 Å². The van der Waals surface area contributed by atoms with E-state index in [4.69, 9.17) is 4.74 Å². The van der Waals surface area contributed by atoms with Gasteiger partial charge >= 0.3 is 0 Å². The highest BCUT2D eigenvalue weighted by Gasteiger charge is 2.16. The molecule has 162 valence electrons. The number of anilines is 2. The molecular formula is C24H23N5O3. The molecule has 0 radical (unpaired) electrons. The summed E-state index contributed by atoms with van der Waals surface area (Å²) in [5, 5.41) is 10.8. The van der Waals surface area contributed by atoms with Gasteiger partial charge in [0.1, 0.15) is 0 Å². The van der Waals surface area contributed by atoms with Crippen LogP contribution in [0.3, 0.4) is 0 Å². The van der Waals surface area contributed by atoms with E-state index in [1.807, 2.05) is 26.0 Å². The topological polar surface area (TPSA) is 98.1 Å². The fraction of sp³-hybridized carbons (Fsp3) is 0.167. The van der Waals surface area contributed by atoms with Crippen molar-refractivity contribution >= 4 is 34.2 Å². The van der Waals surface area contributed by atoms with Crippen LogP contribution in [0.2, 0.25) is 0 Å². The van der Waals surface area contributed by atoms with E-state index in [2.05, 4.69) is 20.7 Å². The van der Waals surface area contributed by atoms with E-state index in [-0.39, 0.29) is 18.4 Å². The molecule has 0 spiro atoms. The molecule has 0 aliphatic rings. The second-order valence-corrected chi connectivity index (χ2v) is 7.41. The molecular weight excluding hydrogens is 406 g/mol. The summed E-state index contributed by atoms with van der Waals surface area (Å²) in [4.78, 5) is 29.6. The van der Waals surface area contributed by atoms with E-state index in [1.54, 1.807) is 60.3 Å². The molecule has 4 rings (SSSR count). The molecule has 2 amide bonds. The monoisotopic (exact) mass is 429 g/mol. The van der Waals surface area contributed by atoms with Crippen LogP contribution < -0.4 is 15.4 Å². The lowest BCUT2D eigenvalue weighted by Gasteiger charge is -2.12. The number of aryl methyl sites for hydroxylation is 3. The summed E-state index contributed by atoms with van der Waals surface area (Å²) < 4.78 is 7.35. The van der Waals surface area contributed by atoms with Crippen molar-refractivity contribution in [2.75, 3.05) is 17.2 Å². The number of hydrogen-bond acceptors (Lipinski definition) is 5. The van der Waals surface area contributed by atoms with Gasteiger partial charge in [0, 0.05) is 18.3 Å². The number of aromatic nitrogens is 3. The number of benzene rings is 2.